The third-order valence-corrected chi connectivity index (χ3v) is 5.54. The van der Waals surface area contributed by atoms with E-state index in [1.165, 1.54) is 0 Å². The van der Waals surface area contributed by atoms with Crippen molar-refractivity contribution in [1.82, 2.24) is 0 Å². The molecule has 0 unspecified atom stereocenters. The SMILES string of the molecule is Nc1sccc1C1=C(c2cc(F)c(O)cc2F)Cc2c1cc(O)cc2C(F)(F)F. The van der Waals surface area contributed by atoms with Crippen molar-refractivity contribution in [2.24, 2.45) is 0 Å². The standard InChI is InChI=1S/C20H12F5NO2S/c21-15-7-17(28)16(22)6-11(15)13-5-10-12(18(13)9-1-2-29-19(9)26)3-8(27)4-14(10)20(23,24)25/h1-4,6-7,27-28H,5,26H2. The van der Waals surface area contributed by atoms with Crippen LogP contribution in [0.25, 0.3) is 11.1 Å². The van der Waals surface area contributed by atoms with Crippen molar-refractivity contribution in [3.63, 3.8) is 0 Å². The normalized spacial score (nSPS) is 13.8. The van der Waals surface area contributed by atoms with Gasteiger partial charge < -0.3 is 15.9 Å². The van der Waals surface area contributed by atoms with E-state index in [0.29, 0.717) is 17.7 Å². The number of phenolic OH excluding ortho intramolecular Hbond substituents is 2. The second-order valence-electron chi connectivity index (χ2n) is 6.53. The van der Waals surface area contributed by atoms with E-state index in [1.807, 2.05) is 0 Å². The molecule has 150 valence electrons. The van der Waals surface area contributed by atoms with E-state index in [-0.39, 0.29) is 39.3 Å². The first kappa shape index (κ1) is 19.3. The van der Waals surface area contributed by atoms with Gasteiger partial charge in [0.05, 0.1) is 10.6 Å². The number of halogens is 5. The maximum Gasteiger partial charge on any atom is 0.416 e. The number of thiophene rings is 1. The molecule has 0 bridgehead atoms. The maximum absolute atomic E-state index is 14.6. The van der Waals surface area contributed by atoms with Gasteiger partial charge in [0.2, 0.25) is 0 Å². The minimum absolute atomic E-state index is 0.0466. The first-order chi connectivity index (χ1) is 13.6. The first-order valence-electron chi connectivity index (χ1n) is 8.26. The summed E-state index contributed by atoms with van der Waals surface area (Å²) in [5.41, 5.74) is 5.12. The third-order valence-electron chi connectivity index (χ3n) is 4.79. The average molecular weight is 425 g/mol. The molecular weight excluding hydrogens is 413 g/mol. The quantitative estimate of drug-likeness (QED) is 0.472. The zero-order valence-electron chi connectivity index (χ0n) is 14.4. The van der Waals surface area contributed by atoms with Crippen molar-refractivity contribution in [3.8, 4) is 11.5 Å². The molecule has 0 fully saturated rings. The molecule has 4 N–H and O–H groups in total. The predicted molar refractivity (Wildman–Crippen MR) is 99.5 cm³/mol. The second kappa shape index (κ2) is 6.48. The lowest BCUT2D eigenvalue weighted by Crippen LogP contribution is -2.09. The predicted octanol–water partition coefficient (Wildman–Crippen LogP) is 5.55. The number of alkyl halides is 3. The van der Waals surface area contributed by atoms with E-state index < -0.39 is 34.9 Å². The lowest BCUT2D eigenvalue weighted by molar-refractivity contribution is -0.138. The van der Waals surface area contributed by atoms with Crippen LogP contribution in [0.15, 0.2) is 35.7 Å². The zero-order chi connectivity index (χ0) is 21.1. The van der Waals surface area contributed by atoms with Crippen molar-refractivity contribution < 1.29 is 32.2 Å². The monoisotopic (exact) mass is 425 g/mol. The molecule has 29 heavy (non-hydrogen) atoms. The summed E-state index contributed by atoms with van der Waals surface area (Å²) in [6.45, 7) is 0. The highest BCUT2D eigenvalue weighted by Gasteiger charge is 2.39. The zero-order valence-corrected chi connectivity index (χ0v) is 15.3. The number of nitrogen functional groups attached to an aromatic ring is 1. The van der Waals surface area contributed by atoms with Crippen LogP contribution in [0.2, 0.25) is 0 Å². The Morgan fingerprint density at radius 2 is 1.66 bits per heavy atom. The van der Waals surface area contributed by atoms with Crippen molar-refractivity contribution in [3.05, 3.63) is 75.2 Å². The molecule has 0 aliphatic heterocycles. The Morgan fingerprint density at radius 3 is 2.28 bits per heavy atom. The Kier molecular flexibility index (Phi) is 4.30. The number of allylic oxidation sites excluding steroid dienone is 1. The minimum Gasteiger partial charge on any atom is -0.508 e. The van der Waals surface area contributed by atoms with Gasteiger partial charge in [0.1, 0.15) is 11.6 Å². The van der Waals surface area contributed by atoms with Gasteiger partial charge >= 0.3 is 6.18 Å². The van der Waals surface area contributed by atoms with Crippen LogP contribution in [0, 0.1) is 11.6 Å². The molecule has 2 aromatic carbocycles. The van der Waals surface area contributed by atoms with Gasteiger partial charge in [-0.25, -0.2) is 8.78 Å². The van der Waals surface area contributed by atoms with E-state index in [0.717, 1.165) is 23.5 Å². The molecule has 0 saturated carbocycles. The van der Waals surface area contributed by atoms with Gasteiger partial charge in [-0.05, 0) is 58.3 Å². The summed E-state index contributed by atoms with van der Waals surface area (Å²) in [6.07, 6.45) is -5.11. The number of phenols is 2. The number of aromatic hydroxyl groups is 2. The summed E-state index contributed by atoms with van der Waals surface area (Å²) in [7, 11) is 0. The largest absolute Gasteiger partial charge is 0.508 e. The van der Waals surface area contributed by atoms with Crippen molar-refractivity contribution in [1.29, 1.82) is 0 Å². The topological polar surface area (TPSA) is 66.5 Å². The molecule has 4 rings (SSSR count). The Balaban J connectivity index is 2.06. The highest BCUT2D eigenvalue weighted by molar-refractivity contribution is 7.14. The third kappa shape index (κ3) is 3.11. The lowest BCUT2D eigenvalue weighted by Gasteiger charge is -2.14. The number of nitrogens with two attached hydrogens (primary N) is 1. The van der Waals surface area contributed by atoms with Gasteiger partial charge in [0.25, 0.3) is 0 Å². The molecule has 0 saturated heterocycles. The number of benzene rings is 2. The average Bonchev–Trinajstić information content (AvgIpc) is 3.19. The summed E-state index contributed by atoms with van der Waals surface area (Å²) in [5, 5.41) is 21.2. The molecule has 1 heterocycles. The second-order valence-corrected chi connectivity index (χ2v) is 7.48. The van der Waals surface area contributed by atoms with Gasteiger partial charge in [-0.2, -0.15) is 13.2 Å². The summed E-state index contributed by atoms with van der Waals surface area (Å²) in [5.74, 6) is -3.62. The first-order valence-corrected chi connectivity index (χ1v) is 9.14. The number of hydrogen-bond acceptors (Lipinski definition) is 4. The van der Waals surface area contributed by atoms with Crippen molar-refractivity contribution in [2.45, 2.75) is 12.6 Å². The maximum atomic E-state index is 14.6. The number of hydrogen-bond donors (Lipinski definition) is 3. The van der Waals surface area contributed by atoms with E-state index in [9.17, 15) is 32.2 Å². The Bertz CT molecular complexity index is 1180. The number of anilines is 1. The smallest absolute Gasteiger partial charge is 0.416 e. The van der Waals surface area contributed by atoms with E-state index in [4.69, 9.17) is 5.73 Å². The van der Waals surface area contributed by atoms with Crippen LogP contribution in [0.4, 0.5) is 27.0 Å². The summed E-state index contributed by atoms with van der Waals surface area (Å²) in [4.78, 5) is 0. The molecule has 1 aliphatic rings. The summed E-state index contributed by atoms with van der Waals surface area (Å²) in [6, 6.07) is 4.62. The van der Waals surface area contributed by atoms with Crippen LogP contribution < -0.4 is 5.73 Å². The van der Waals surface area contributed by atoms with Gasteiger partial charge in [-0.1, -0.05) is 0 Å². The molecular formula is C20H12F5NO2S. The van der Waals surface area contributed by atoms with E-state index in [2.05, 4.69) is 0 Å². The molecule has 0 atom stereocenters. The van der Waals surface area contributed by atoms with Gasteiger partial charge in [-0.3, -0.25) is 0 Å². The summed E-state index contributed by atoms with van der Waals surface area (Å²) < 4.78 is 69.2. The molecule has 1 aliphatic carbocycles. The van der Waals surface area contributed by atoms with E-state index >= 15 is 0 Å². The van der Waals surface area contributed by atoms with Crippen LogP contribution in [-0.4, -0.2) is 10.2 Å². The van der Waals surface area contributed by atoms with Crippen molar-refractivity contribution in [2.75, 3.05) is 5.73 Å². The Hall–Kier alpha value is -3.07. The number of fused-ring (bicyclic) bond motifs is 1. The molecule has 9 heteroatoms. The fraction of sp³-hybridized carbons (Fsp3) is 0.100. The molecule has 0 radical (unpaired) electrons. The molecule has 0 amide bonds. The van der Waals surface area contributed by atoms with Gasteiger partial charge in [0, 0.05) is 17.2 Å². The van der Waals surface area contributed by atoms with E-state index in [1.54, 1.807) is 11.4 Å². The molecule has 3 nitrogen and oxygen atoms in total. The van der Waals surface area contributed by atoms with Gasteiger partial charge in [0.15, 0.2) is 11.6 Å². The van der Waals surface area contributed by atoms with Gasteiger partial charge in [-0.15, -0.1) is 11.3 Å². The van der Waals surface area contributed by atoms with Crippen LogP contribution in [-0.2, 0) is 12.6 Å². The lowest BCUT2D eigenvalue weighted by atomic mass is 9.95. The minimum atomic E-state index is -4.76. The highest BCUT2D eigenvalue weighted by atomic mass is 32.1. The summed E-state index contributed by atoms with van der Waals surface area (Å²) >= 11 is 1.14. The van der Waals surface area contributed by atoms with Crippen LogP contribution in [0.3, 0.4) is 0 Å². The van der Waals surface area contributed by atoms with Crippen LogP contribution in [0.5, 0.6) is 11.5 Å². The molecule has 3 aromatic rings. The molecule has 0 spiro atoms. The van der Waals surface area contributed by atoms with Crippen LogP contribution >= 0.6 is 11.3 Å². The molecule has 1 aromatic heterocycles. The van der Waals surface area contributed by atoms with Crippen molar-refractivity contribution >= 4 is 27.5 Å². The fourth-order valence-corrected chi connectivity index (χ4v) is 4.23. The van der Waals surface area contributed by atoms with Crippen LogP contribution in [0.1, 0.15) is 27.8 Å². The number of rotatable bonds is 2. The highest BCUT2D eigenvalue weighted by Crippen LogP contribution is 2.50. The Labute approximate surface area is 165 Å². The Morgan fingerprint density at radius 1 is 0.931 bits per heavy atom. The fourth-order valence-electron chi connectivity index (χ4n) is 3.58.